The molecule has 0 atom stereocenters. The number of hydrazone groups is 1. The molecule has 0 heterocycles. The van der Waals surface area contributed by atoms with Crippen LogP contribution in [0.4, 0.5) is 11.4 Å². The van der Waals surface area contributed by atoms with E-state index in [1.54, 1.807) is 24.3 Å². The van der Waals surface area contributed by atoms with E-state index in [1.165, 1.54) is 18.2 Å². The van der Waals surface area contributed by atoms with E-state index in [2.05, 4.69) is 26.3 Å². The van der Waals surface area contributed by atoms with Gasteiger partial charge in [-0.1, -0.05) is 33.6 Å². The Bertz CT molecular complexity index is 855. The van der Waals surface area contributed by atoms with Crippen molar-refractivity contribution in [2.24, 2.45) is 5.10 Å². The van der Waals surface area contributed by atoms with Crippen molar-refractivity contribution in [2.45, 2.75) is 0 Å². The van der Waals surface area contributed by atoms with Crippen molar-refractivity contribution in [3.05, 3.63) is 67.6 Å². The predicted molar refractivity (Wildman–Crippen MR) is 96.6 cm³/mol. The number of nitrogens with one attached hydrogen (secondary N) is 2. The summed E-state index contributed by atoms with van der Waals surface area (Å²) in [6, 6.07) is 10.7. The standard InChI is InChI=1S/C15H10BrClN4O4/c16-10-2-4-11(5-3-10)19-14(22)15(23)20-18-8-9-1-6-12(17)13(7-9)21(24)25/h1-8H,(H,19,22)(H,20,23)/b18-8+. The first kappa shape index (κ1) is 18.6. The van der Waals surface area contributed by atoms with Crippen molar-refractivity contribution in [1.29, 1.82) is 0 Å². The average Bonchev–Trinajstić information content (AvgIpc) is 2.58. The van der Waals surface area contributed by atoms with Crippen molar-refractivity contribution in [3.8, 4) is 0 Å². The molecular weight excluding hydrogens is 416 g/mol. The molecule has 0 fully saturated rings. The summed E-state index contributed by atoms with van der Waals surface area (Å²) in [6.07, 6.45) is 1.16. The van der Waals surface area contributed by atoms with E-state index in [0.717, 1.165) is 10.7 Å². The number of carbonyl (C=O) groups is 2. The van der Waals surface area contributed by atoms with E-state index in [4.69, 9.17) is 11.6 Å². The van der Waals surface area contributed by atoms with Gasteiger partial charge in [0.2, 0.25) is 0 Å². The Hall–Kier alpha value is -2.78. The second-order valence-electron chi connectivity index (χ2n) is 4.63. The number of rotatable bonds is 4. The van der Waals surface area contributed by atoms with E-state index >= 15 is 0 Å². The molecule has 2 N–H and O–H groups in total. The zero-order valence-electron chi connectivity index (χ0n) is 12.4. The van der Waals surface area contributed by atoms with Crippen LogP contribution in [0, 0.1) is 10.1 Å². The van der Waals surface area contributed by atoms with E-state index in [1.807, 2.05) is 5.43 Å². The molecule has 0 saturated carbocycles. The summed E-state index contributed by atoms with van der Waals surface area (Å²) in [4.78, 5) is 33.5. The molecule has 2 amide bonds. The minimum Gasteiger partial charge on any atom is -0.318 e. The fourth-order valence-corrected chi connectivity index (χ4v) is 2.14. The lowest BCUT2D eigenvalue weighted by Crippen LogP contribution is -2.32. The van der Waals surface area contributed by atoms with Gasteiger partial charge in [0.1, 0.15) is 5.02 Å². The monoisotopic (exact) mass is 424 g/mol. The second kappa shape index (κ2) is 8.36. The molecule has 0 saturated heterocycles. The third-order valence-corrected chi connectivity index (χ3v) is 3.70. The molecule has 25 heavy (non-hydrogen) atoms. The number of amides is 2. The number of benzene rings is 2. The minimum atomic E-state index is -0.984. The van der Waals surface area contributed by atoms with Crippen LogP contribution in [0.3, 0.4) is 0 Å². The number of carbonyl (C=O) groups excluding carboxylic acids is 2. The Morgan fingerprint density at radius 1 is 1.16 bits per heavy atom. The third-order valence-electron chi connectivity index (χ3n) is 2.85. The quantitative estimate of drug-likeness (QED) is 0.339. The largest absolute Gasteiger partial charge is 0.329 e. The highest BCUT2D eigenvalue weighted by Gasteiger charge is 2.14. The molecule has 0 unspecified atom stereocenters. The fourth-order valence-electron chi connectivity index (χ4n) is 1.69. The Kier molecular flexibility index (Phi) is 6.20. The van der Waals surface area contributed by atoms with Gasteiger partial charge in [0, 0.05) is 21.8 Å². The van der Waals surface area contributed by atoms with Crippen LogP contribution in [0.25, 0.3) is 0 Å². The van der Waals surface area contributed by atoms with E-state index in [-0.39, 0.29) is 10.7 Å². The maximum absolute atomic E-state index is 11.7. The number of halogens is 2. The minimum absolute atomic E-state index is 0.0138. The lowest BCUT2D eigenvalue weighted by atomic mass is 10.2. The molecule has 8 nitrogen and oxygen atoms in total. The summed E-state index contributed by atoms with van der Waals surface area (Å²) in [5.74, 6) is -1.89. The Balaban J connectivity index is 1.95. The van der Waals surface area contributed by atoms with Crippen LogP contribution in [-0.4, -0.2) is 23.0 Å². The summed E-state index contributed by atoms with van der Waals surface area (Å²) in [6.45, 7) is 0. The Morgan fingerprint density at radius 3 is 2.48 bits per heavy atom. The van der Waals surface area contributed by atoms with Crippen molar-refractivity contribution in [2.75, 3.05) is 5.32 Å². The maximum Gasteiger partial charge on any atom is 0.329 e. The Morgan fingerprint density at radius 2 is 1.84 bits per heavy atom. The number of nitro benzene ring substituents is 1. The number of hydrogen-bond donors (Lipinski definition) is 2. The molecule has 10 heteroatoms. The normalized spacial score (nSPS) is 10.5. The van der Waals surface area contributed by atoms with Crippen molar-refractivity contribution in [1.82, 2.24) is 5.43 Å². The molecular formula is C15H10BrClN4O4. The summed E-state index contributed by atoms with van der Waals surface area (Å²) in [5, 5.41) is 16.8. The summed E-state index contributed by atoms with van der Waals surface area (Å²) in [7, 11) is 0. The molecule has 0 spiro atoms. The van der Waals surface area contributed by atoms with Gasteiger partial charge in [-0.3, -0.25) is 19.7 Å². The first-order valence-corrected chi connectivity index (χ1v) is 7.88. The molecule has 128 valence electrons. The van der Waals surface area contributed by atoms with Crippen LogP contribution in [0.5, 0.6) is 0 Å². The zero-order valence-corrected chi connectivity index (χ0v) is 14.7. The molecule has 2 aromatic carbocycles. The second-order valence-corrected chi connectivity index (χ2v) is 5.95. The average molecular weight is 426 g/mol. The molecule has 0 aliphatic heterocycles. The first-order valence-electron chi connectivity index (χ1n) is 6.70. The highest BCUT2D eigenvalue weighted by atomic mass is 79.9. The number of anilines is 1. The van der Waals surface area contributed by atoms with Gasteiger partial charge in [0.25, 0.3) is 5.69 Å². The van der Waals surface area contributed by atoms with Crippen LogP contribution in [0.1, 0.15) is 5.56 Å². The molecule has 0 radical (unpaired) electrons. The lowest BCUT2D eigenvalue weighted by Gasteiger charge is -2.03. The smallest absolute Gasteiger partial charge is 0.318 e. The SMILES string of the molecule is O=C(N/N=C/c1ccc(Cl)c([N+](=O)[O-])c1)C(=O)Nc1ccc(Br)cc1. The van der Waals surface area contributed by atoms with Gasteiger partial charge in [-0.05, 0) is 30.3 Å². The maximum atomic E-state index is 11.7. The van der Waals surface area contributed by atoms with Gasteiger partial charge < -0.3 is 5.32 Å². The lowest BCUT2D eigenvalue weighted by molar-refractivity contribution is -0.384. The highest BCUT2D eigenvalue weighted by molar-refractivity contribution is 9.10. The van der Waals surface area contributed by atoms with Crippen LogP contribution < -0.4 is 10.7 Å². The summed E-state index contributed by atoms with van der Waals surface area (Å²) >= 11 is 8.95. The molecule has 0 bridgehead atoms. The zero-order chi connectivity index (χ0) is 18.4. The van der Waals surface area contributed by atoms with E-state index < -0.39 is 16.7 Å². The van der Waals surface area contributed by atoms with Gasteiger partial charge in [-0.15, -0.1) is 0 Å². The van der Waals surface area contributed by atoms with Crippen LogP contribution in [-0.2, 0) is 9.59 Å². The van der Waals surface area contributed by atoms with Gasteiger partial charge >= 0.3 is 11.8 Å². The molecule has 0 aromatic heterocycles. The highest BCUT2D eigenvalue weighted by Crippen LogP contribution is 2.24. The molecule has 0 aliphatic rings. The third kappa shape index (κ3) is 5.37. The van der Waals surface area contributed by atoms with E-state index in [9.17, 15) is 19.7 Å². The molecule has 2 rings (SSSR count). The summed E-state index contributed by atoms with van der Waals surface area (Å²) < 4.78 is 0.830. The topological polar surface area (TPSA) is 114 Å². The number of nitrogens with zero attached hydrogens (tertiary/aromatic N) is 2. The summed E-state index contributed by atoms with van der Waals surface area (Å²) in [5.41, 5.74) is 2.53. The molecule has 2 aromatic rings. The Labute approximate surface area is 155 Å². The van der Waals surface area contributed by atoms with Gasteiger partial charge in [-0.2, -0.15) is 5.10 Å². The van der Waals surface area contributed by atoms with E-state index in [0.29, 0.717) is 11.3 Å². The van der Waals surface area contributed by atoms with Crippen molar-refractivity contribution < 1.29 is 14.5 Å². The van der Waals surface area contributed by atoms with Gasteiger partial charge in [-0.25, -0.2) is 5.43 Å². The van der Waals surface area contributed by atoms with Crippen molar-refractivity contribution in [3.63, 3.8) is 0 Å². The number of hydrogen-bond acceptors (Lipinski definition) is 5. The van der Waals surface area contributed by atoms with Crippen LogP contribution >= 0.6 is 27.5 Å². The van der Waals surface area contributed by atoms with Gasteiger partial charge in [0.15, 0.2) is 0 Å². The predicted octanol–water partition coefficient (Wildman–Crippen LogP) is 3.10. The van der Waals surface area contributed by atoms with Gasteiger partial charge in [0.05, 0.1) is 11.1 Å². The molecule has 0 aliphatic carbocycles. The van der Waals surface area contributed by atoms with Crippen LogP contribution in [0.2, 0.25) is 5.02 Å². The fraction of sp³-hybridized carbons (Fsp3) is 0. The van der Waals surface area contributed by atoms with Crippen molar-refractivity contribution >= 4 is 56.9 Å². The first-order chi connectivity index (χ1) is 11.9. The number of nitro groups is 1. The van der Waals surface area contributed by atoms with Crippen LogP contribution in [0.15, 0.2) is 52.0 Å².